The number of hydrogen-bond donors (Lipinski definition) is 1. The van der Waals surface area contributed by atoms with Crippen molar-refractivity contribution in [3.63, 3.8) is 0 Å². The fraction of sp³-hybridized carbons (Fsp3) is 0.615. The first-order valence-electron chi connectivity index (χ1n) is 6.30. The molecule has 3 atom stereocenters. The molecule has 1 unspecified atom stereocenters. The van der Waals surface area contributed by atoms with Crippen molar-refractivity contribution < 1.29 is 9.21 Å². The van der Waals surface area contributed by atoms with Crippen LogP contribution in [0.1, 0.15) is 29.2 Å². The molecule has 1 N–H and O–H groups in total. The topological polar surface area (TPSA) is 45.5 Å². The second-order valence-corrected chi connectivity index (χ2v) is 5.23. The Morgan fingerprint density at radius 3 is 3.06 bits per heavy atom. The third-order valence-electron chi connectivity index (χ3n) is 3.77. The first-order chi connectivity index (χ1) is 8.20. The second-order valence-electron chi connectivity index (χ2n) is 5.23. The standard InChI is InChI=1S/C13H18N2O2/c1-9-2-3-12(17-9)13(16)14-11-6-10-4-5-15(7-10)8-11/h2-3,10-11H,4-8H2,1H3,(H,14,16)/t10-,11+/m1/s1. The van der Waals surface area contributed by atoms with E-state index in [0.717, 1.165) is 24.6 Å². The number of aryl methyl sites for hydroxylation is 1. The highest BCUT2D eigenvalue weighted by Crippen LogP contribution is 2.26. The summed E-state index contributed by atoms with van der Waals surface area (Å²) in [5, 5.41) is 3.07. The van der Waals surface area contributed by atoms with Crippen molar-refractivity contribution in [3.05, 3.63) is 23.7 Å². The number of carbonyl (C=O) groups excluding carboxylic acids is 1. The van der Waals surface area contributed by atoms with E-state index >= 15 is 0 Å². The van der Waals surface area contributed by atoms with Crippen LogP contribution in [0.3, 0.4) is 0 Å². The van der Waals surface area contributed by atoms with Crippen molar-refractivity contribution in [1.82, 2.24) is 10.2 Å². The van der Waals surface area contributed by atoms with E-state index in [1.165, 1.54) is 19.5 Å². The minimum absolute atomic E-state index is 0.0781. The van der Waals surface area contributed by atoms with Crippen LogP contribution in [-0.4, -0.2) is 36.5 Å². The quantitative estimate of drug-likeness (QED) is 0.841. The van der Waals surface area contributed by atoms with Gasteiger partial charge in [-0.1, -0.05) is 0 Å². The Kier molecular flexibility index (Phi) is 2.67. The van der Waals surface area contributed by atoms with E-state index in [1.807, 2.05) is 13.0 Å². The fourth-order valence-corrected chi connectivity index (χ4v) is 2.98. The number of nitrogens with one attached hydrogen (secondary N) is 1. The van der Waals surface area contributed by atoms with E-state index in [-0.39, 0.29) is 11.9 Å². The van der Waals surface area contributed by atoms with E-state index in [9.17, 15) is 4.79 Å². The summed E-state index contributed by atoms with van der Waals surface area (Å²) in [5.74, 6) is 1.90. The highest BCUT2D eigenvalue weighted by atomic mass is 16.3. The third-order valence-corrected chi connectivity index (χ3v) is 3.77. The van der Waals surface area contributed by atoms with Crippen molar-refractivity contribution in [3.8, 4) is 0 Å². The summed E-state index contributed by atoms with van der Waals surface area (Å²) >= 11 is 0. The average molecular weight is 234 g/mol. The molecule has 0 spiro atoms. The molecule has 0 saturated carbocycles. The van der Waals surface area contributed by atoms with Crippen molar-refractivity contribution in [2.75, 3.05) is 19.6 Å². The molecule has 2 fully saturated rings. The number of amides is 1. The summed E-state index contributed by atoms with van der Waals surface area (Å²) in [5.41, 5.74) is 0. The Bertz CT molecular complexity index is 415. The van der Waals surface area contributed by atoms with Gasteiger partial charge in [0.25, 0.3) is 5.91 Å². The molecule has 4 nitrogen and oxygen atoms in total. The Morgan fingerprint density at radius 1 is 1.47 bits per heavy atom. The summed E-state index contributed by atoms with van der Waals surface area (Å²) < 4.78 is 5.33. The van der Waals surface area contributed by atoms with Gasteiger partial charge in [0.05, 0.1) is 0 Å². The van der Waals surface area contributed by atoms with Crippen molar-refractivity contribution in [1.29, 1.82) is 0 Å². The van der Waals surface area contributed by atoms with Crippen LogP contribution >= 0.6 is 0 Å². The van der Waals surface area contributed by atoms with Crippen LogP contribution < -0.4 is 5.32 Å². The maximum absolute atomic E-state index is 11.9. The molecule has 17 heavy (non-hydrogen) atoms. The molecule has 3 heterocycles. The summed E-state index contributed by atoms with van der Waals surface area (Å²) in [7, 11) is 0. The normalized spacial score (nSPS) is 31.5. The van der Waals surface area contributed by atoms with Crippen LogP contribution in [0.5, 0.6) is 0 Å². The molecule has 2 bridgehead atoms. The molecular weight excluding hydrogens is 216 g/mol. The third kappa shape index (κ3) is 2.22. The van der Waals surface area contributed by atoms with Gasteiger partial charge in [-0.25, -0.2) is 0 Å². The van der Waals surface area contributed by atoms with Crippen LogP contribution in [-0.2, 0) is 0 Å². The number of fused-ring (bicyclic) bond motifs is 2. The highest BCUT2D eigenvalue weighted by molar-refractivity contribution is 5.91. The molecule has 0 radical (unpaired) electrons. The first-order valence-corrected chi connectivity index (χ1v) is 6.30. The molecule has 2 aliphatic rings. The number of carbonyl (C=O) groups is 1. The Balaban J connectivity index is 1.62. The predicted molar refractivity (Wildman–Crippen MR) is 63.9 cm³/mol. The largest absolute Gasteiger partial charge is 0.456 e. The average Bonchev–Trinajstić information content (AvgIpc) is 2.85. The van der Waals surface area contributed by atoms with Gasteiger partial charge >= 0.3 is 0 Å². The van der Waals surface area contributed by atoms with E-state index < -0.39 is 0 Å². The minimum Gasteiger partial charge on any atom is -0.456 e. The maximum atomic E-state index is 11.9. The highest BCUT2D eigenvalue weighted by Gasteiger charge is 2.33. The zero-order chi connectivity index (χ0) is 11.8. The molecule has 0 aliphatic carbocycles. The van der Waals surface area contributed by atoms with Crippen LogP contribution in [0.25, 0.3) is 0 Å². The van der Waals surface area contributed by atoms with Gasteiger partial charge in [-0.2, -0.15) is 0 Å². The summed E-state index contributed by atoms with van der Waals surface area (Å²) in [6, 6.07) is 3.85. The SMILES string of the molecule is Cc1ccc(C(=O)N[C@H]2C[C@H]3CCN(C3)C2)o1. The number of furan rings is 1. The van der Waals surface area contributed by atoms with E-state index in [4.69, 9.17) is 4.42 Å². The van der Waals surface area contributed by atoms with Crippen LogP contribution in [0.4, 0.5) is 0 Å². The van der Waals surface area contributed by atoms with E-state index in [0.29, 0.717) is 5.76 Å². The monoisotopic (exact) mass is 234 g/mol. The van der Waals surface area contributed by atoms with Gasteiger partial charge in [0.2, 0.25) is 0 Å². The molecule has 0 aromatic carbocycles. The Morgan fingerprint density at radius 2 is 2.35 bits per heavy atom. The number of rotatable bonds is 2. The smallest absolute Gasteiger partial charge is 0.287 e. The number of nitrogens with zero attached hydrogens (tertiary/aromatic N) is 1. The summed E-state index contributed by atoms with van der Waals surface area (Å²) in [6.07, 6.45) is 2.40. The zero-order valence-electron chi connectivity index (χ0n) is 10.1. The van der Waals surface area contributed by atoms with Crippen LogP contribution in [0, 0.1) is 12.8 Å². The molecule has 1 aromatic rings. The molecule has 1 aromatic heterocycles. The number of piperidine rings is 1. The lowest BCUT2D eigenvalue weighted by Gasteiger charge is -2.30. The predicted octanol–water partition coefficient (Wildman–Crippen LogP) is 1.41. The lowest BCUT2D eigenvalue weighted by atomic mass is 9.97. The summed E-state index contributed by atoms with van der Waals surface area (Å²) in [4.78, 5) is 14.4. The van der Waals surface area contributed by atoms with Crippen molar-refractivity contribution in [2.24, 2.45) is 5.92 Å². The molecule has 3 rings (SSSR count). The zero-order valence-corrected chi connectivity index (χ0v) is 10.1. The molecule has 92 valence electrons. The Hall–Kier alpha value is -1.29. The van der Waals surface area contributed by atoms with Crippen LogP contribution in [0.2, 0.25) is 0 Å². The molecule has 2 saturated heterocycles. The lowest BCUT2D eigenvalue weighted by molar-refractivity contribution is 0.0880. The maximum Gasteiger partial charge on any atom is 0.287 e. The molecule has 4 heteroatoms. The van der Waals surface area contributed by atoms with Gasteiger partial charge in [0.1, 0.15) is 5.76 Å². The molecule has 2 aliphatic heterocycles. The van der Waals surface area contributed by atoms with E-state index in [1.54, 1.807) is 6.07 Å². The van der Waals surface area contributed by atoms with Crippen molar-refractivity contribution in [2.45, 2.75) is 25.8 Å². The van der Waals surface area contributed by atoms with Gasteiger partial charge in [-0.15, -0.1) is 0 Å². The lowest BCUT2D eigenvalue weighted by Crippen LogP contribution is -2.46. The van der Waals surface area contributed by atoms with Gasteiger partial charge in [-0.3, -0.25) is 4.79 Å². The summed E-state index contributed by atoms with van der Waals surface area (Å²) in [6.45, 7) is 5.24. The fourth-order valence-electron chi connectivity index (χ4n) is 2.98. The molecular formula is C13H18N2O2. The number of hydrogen-bond acceptors (Lipinski definition) is 3. The second kappa shape index (κ2) is 4.18. The van der Waals surface area contributed by atoms with Gasteiger partial charge in [0, 0.05) is 19.1 Å². The Labute approximate surface area is 101 Å². The van der Waals surface area contributed by atoms with Gasteiger partial charge in [-0.05, 0) is 44.4 Å². The molecule has 1 amide bonds. The van der Waals surface area contributed by atoms with Gasteiger partial charge < -0.3 is 14.6 Å². The first kappa shape index (κ1) is 10.8. The van der Waals surface area contributed by atoms with Crippen molar-refractivity contribution >= 4 is 5.91 Å². The minimum atomic E-state index is -0.0781. The van der Waals surface area contributed by atoms with E-state index in [2.05, 4.69) is 10.2 Å². The van der Waals surface area contributed by atoms with Gasteiger partial charge in [0.15, 0.2) is 5.76 Å². The van der Waals surface area contributed by atoms with Crippen LogP contribution in [0.15, 0.2) is 16.5 Å².